The van der Waals surface area contributed by atoms with Gasteiger partial charge >= 0.3 is 0 Å². The molecular weight excluding hydrogens is 371 g/mol. The SMILES string of the molecule is C#CCn1c(=NC(=O)c2ccc(-c3ccccc3)cc2)sc2cc(F)ccc21. The van der Waals surface area contributed by atoms with Gasteiger partial charge in [-0.2, -0.15) is 4.99 Å². The molecule has 0 fully saturated rings. The summed E-state index contributed by atoms with van der Waals surface area (Å²) in [5.41, 5.74) is 3.35. The normalized spacial score (nSPS) is 11.5. The fourth-order valence-electron chi connectivity index (χ4n) is 2.96. The summed E-state index contributed by atoms with van der Waals surface area (Å²) in [5, 5.41) is 0. The monoisotopic (exact) mass is 386 g/mol. The number of rotatable bonds is 3. The van der Waals surface area contributed by atoms with E-state index in [1.54, 1.807) is 22.8 Å². The molecule has 0 atom stereocenters. The molecule has 0 spiro atoms. The molecule has 0 saturated heterocycles. The fraction of sp³-hybridized carbons (Fsp3) is 0.0435. The van der Waals surface area contributed by atoms with Crippen LogP contribution in [-0.4, -0.2) is 10.5 Å². The maximum Gasteiger partial charge on any atom is 0.279 e. The third-order valence-corrected chi connectivity index (χ3v) is 5.37. The Morgan fingerprint density at radius 2 is 1.75 bits per heavy atom. The van der Waals surface area contributed by atoms with Gasteiger partial charge in [0, 0.05) is 5.56 Å². The maximum absolute atomic E-state index is 13.5. The predicted molar refractivity (Wildman–Crippen MR) is 110 cm³/mol. The highest BCUT2D eigenvalue weighted by molar-refractivity contribution is 7.16. The maximum atomic E-state index is 13.5. The Morgan fingerprint density at radius 1 is 1.04 bits per heavy atom. The first-order valence-corrected chi connectivity index (χ1v) is 9.44. The van der Waals surface area contributed by atoms with E-state index in [1.807, 2.05) is 42.5 Å². The zero-order chi connectivity index (χ0) is 19.5. The lowest BCUT2D eigenvalue weighted by molar-refractivity contribution is 0.0998. The quantitative estimate of drug-likeness (QED) is 0.462. The van der Waals surface area contributed by atoms with Crippen LogP contribution in [0.1, 0.15) is 10.4 Å². The van der Waals surface area contributed by atoms with Crippen LogP contribution < -0.4 is 4.80 Å². The number of benzene rings is 3. The number of nitrogens with zero attached hydrogens (tertiary/aromatic N) is 2. The number of carbonyl (C=O) groups excluding carboxylic acids is 1. The van der Waals surface area contributed by atoms with E-state index in [1.165, 1.54) is 23.5 Å². The average Bonchev–Trinajstić information content (AvgIpc) is 3.05. The molecule has 0 radical (unpaired) electrons. The molecule has 1 amide bonds. The third kappa shape index (κ3) is 3.51. The molecule has 0 aliphatic carbocycles. The van der Waals surface area contributed by atoms with Gasteiger partial charge in [0.05, 0.1) is 16.8 Å². The topological polar surface area (TPSA) is 34.4 Å². The second kappa shape index (κ2) is 7.63. The second-order valence-corrected chi connectivity index (χ2v) is 7.16. The zero-order valence-corrected chi connectivity index (χ0v) is 15.6. The summed E-state index contributed by atoms with van der Waals surface area (Å²) < 4.78 is 16.0. The van der Waals surface area contributed by atoms with Gasteiger partial charge in [-0.15, -0.1) is 6.42 Å². The first-order valence-electron chi connectivity index (χ1n) is 8.62. The number of hydrogen-bond acceptors (Lipinski definition) is 2. The van der Waals surface area contributed by atoms with Gasteiger partial charge in [0.1, 0.15) is 5.82 Å². The van der Waals surface area contributed by atoms with Crippen LogP contribution in [0.15, 0.2) is 77.8 Å². The van der Waals surface area contributed by atoms with Crippen LogP contribution in [-0.2, 0) is 6.54 Å². The van der Waals surface area contributed by atoms with Crippen molar-refractivity contribution in [2.45, 2.75) is 6.54 Å². The highest BCUT2D eigenvalue weighted by atomic mass is 32.1. The number of amides is 1. The van der Waals surface area contributed by atoms with Gasteiger partial charge in [0.15, 0.2) is 4.80 Å². The van der Waals surface area contributed by atoms with Crippen LogP contribution in [0.3, 0.4) is 0 Å². The lowest BCUT2D eigenvalue weighted by atomic mass is 10.0. The molecule has 0 N–H and O–H groups in total. The van der Waals surface area contributed by atoms with Gasteiger partial charge in [-0.25, -0.2) is 4.39 Å². The summed E-state index contributed by atoms with van der Waals surface area (Å²) in [6, 6.07) is 21.7. The molecule has 0 aliphatic heterocycles. The molecular formula is C23H15FN2OS. The lowest BCUT2D eigenvalue weighted by Crippen LogP contribution is -2.16. The zero-order valence-electron chi connectivity index (χ0n) is 14.8. The molecule has 3 aromatic carbocycles. The minimum atomic E-state index is -0.364. The molecule has 4 rings (SSSR count). The van der Waals surface area contributed by atoms with Crippen molar-refractivity contribution in [2.75, 3.05) is 0 Å². The summed E-state index contributed by atoms with van der Waals surface area (Å²) in [5.74, 6) is 1.86. The van der Waals surface area contributed by atoms with Crippen LogP contribution in [0, 0.1) is 18.2 Å². The Hall–Kier alpha value is -3.49. The average molecular weight is 386 g/mol. The Labute approximate surface area is 165 Å². The van der Waals surface area contributed by atoms with E-state index < -0.39 is 0 Å². The van der Waals surface area contributed by atoms with Crippen molar-refractivity contribution in [3.8, 4) is 23.5 Å². The van der Waals surface area contributed by atoms with E-state index >= 15 is 0 Å². The largest absolute Gasteiger partial charge is 0.305 e. The molecule has 28 heavy (non-hydrogen) atoms. The Kier molecular flexibility index (Phi) is 4.88. The number of thiazole rings is 1. The summed E-state index contributed by atoms with van der Waals surface area (Å²) >= 11 is 1.24. The Balaban J connectivity index is 1.72. The number of fused-ring (bicyclic) bond motifs is 1. The molecule has 3 nitrogen and oxygen atoms in total. The molecule has 4 aromatic rings. The van der Waals surface area contributed by atoms with Gasteiger partial charge in [-0.1, -0.05) is 59.7 Å². The first kappa shape index (κ1) is 17.9. The van der Waals surface area contributed by atoms with Crippen molar-refractivity contribution in [3.05, 3.63) is 89.0 Å². The first-order chi connectivity index (χ1) is 13.7. The van der Waals surface area contributed by atoms with Crippen molar-refractivity contribution in [1.29, 1.82) is 0 Å². The molecule has 5 heteroatoms. The smallest absolute Gasteiger partial charge is 0.279 e. The van der Waals surface area contributed by atoms with Gasteiger partial charge in [-0.05, 0) is 41.5 Å². The number of hydrogen-bond donors (Lipinski definition) is 0. The van der Waals surface area contributed by atoms with Crippen LogP contribution in [0.2, 0.25) is 0 Å². The van der Waals surface area contributed by atoms with Crippen molar-refractivity contribution in [3.63, 3.8) is 0 Å². The van der Waals surface area contributed by atoms with E-state index in [4.69, 9.17) is 6.42 Å². The van der Waals surface area contributed by atoms with E-state index in [9.17, 15) is 9.18 Å². The standard InChI is InChI=1S/C23H15FN2OS/c1-2-14-26-20-13-12-19(24)15-21(20)28-23(26)25-22(27)18-10-8-17(9-11-18)16-6-4-3-5-7-16/h1,3-13,15H,14H2. The van der Waals surface area contributed by atoms with Crippen molar-refractivity contribution in [2.24, 2.45) is 4.99 Å². The summed E-state index contributed by atoms with van der Waals surface area (Å²) in [4.78, 5) is 17.4. The van der Waals surface area contributed by atoms with Crippen LogP contribution >= 0.6 is 11.3 Å². The van der Waals surface area contributed by atoms with Gasteiger partial charge in [-0.3, -0.25) is 4.79 Å². The van der Waals surface area contributed by atoms with Crippen molar-refractivity contribution < 1.29 is 9.18 Å². The minimum Gasteiger partial charge on any atom is -0.305 e. The van der Waals surface area contributed by atoms with E-state index in [0.29, 0.717) is 15.1 Å². The Bertz CT molecular complexity index is 1260. The summed E-state index contributed by atoms with van der Waals surface area (Å²) in [7, 11) is 0. The van der Waals surface area contributed by atoms with Crippen molar-refractivity contribution in [1.82, 2.24) is 4.57 Å². The van der Waals surface area contributed by atoms with Crippen LogP contribution in [0.5, 0.6) is 0 Å². The highest BCUT2D eigenvalue weighted by Gasteiger charge is 2.10. The van der Waals surface area contributed by atoms with Gasteiger partial charge in [0.25, 0.3) is 5.91 Å². The second-order valence-electron chi connectivity index (χ2n) is 6.15. The highest BCUT2D eigenvalue weighted by Crippen LogP contribution is 2.20. The number of halogens is 1. The summed E-state index contributed by atoms with van der Waals surface area (Å²) in [6.07, 6.45) is 5.46. The summed E-state index contributed by atoms with van der Waals surface area (Å²) in [6.45, 7) is 0.255. The number of terminal acetylenes is 1. The minimum absolute atomic E-state index is 0.255. The molecule has 136 valence electrons. The Morgan fingerprint density at radius 3 is 2.46 bits per heavy atom. The van der Waals surface area contributed by atoms with Crippen molar-refractivity contribution >= 4 is 27.5 Å². The van der Waals surface area contributed by atoms with E-state index in [0.717, 1.165) is 16.6 Å². The predicted octanol–water partition coefficient (Wildman–Crippen LogP) is 4.88. The fourth-order valence-corrected chi connectivity index (χ4v) is 4.02. The van der Waals surface area contributed by atoms with Crippen LogP contribution in [0.4, 0.5) is 4.39 Å². The third-order valence-electron chi connectivity index (χ3n) is 4.33. The van der Waals surface area contributed by atoms with E-state index in [-0.39, 0.29) is 18.3 Å². The molecule has 0 unspecified atom stereocenters. The van der Waals surface area contributed by atoms with E-state index in [2.05, 4.69) is 10.9 Å². The lowest BCUT2D eigenvalue weighted by Gasteiger charge is -2.02. The molecule has 1 heterocycles. The molecule has 0 bridgehead atoms. The number of aromatic nitrogens is 1. The number of carbonyl (C=O) groups is 1. The van der Waals surface area contributed by atoms with Crippen LogP contribution in [0.25, 0.3) is 21.3 Å². The molecule has 0 aliphatic rings. The molecule has 0 saturated carbocycles. The van der Waals surface area contributed by atoms with Gasteiger partial charge < -0.3 is 4.57 Å². The van der Waals surface area contributed by atoms with Gasteiger partial charge in [0.2, 0.25) is 0 Å². The molecule has 1 aromatic heterocycles.